The number of piperazine rings is 1. The Kier molecular flexibility index (Phi) is 4.90. The van der Waals surface area contributed by atoms with Crippen LogP contribution in [0, 0.1) is 0 Å². The molecule has 2 aromatic heterocycles. The third-order valence-corrected chi connectivity index (χ3v) is 4.08. The van der Waals surface area contributed by atoms with Crippen LogP contribution in [-0.2, 0) is 0 Å². The minimum absolute atomic E-state index is 0.0368. The molecule has 0 aliphatic carbocycles. The van der Waals surface area contributed by atoms with Crippen molar-refractivity contribution in [3.8, 4) is 0 Å². The van der Waals surface area contributed by atoms with Gasteiger partial charge in [0.2, 0.25) is 0 Å². The molecule has 0 aromatic carbocycles. The van der Waals surface area contributed by atoms with Gasteiger partial charge >= 0.3 is 5.97 Å². The summed E-state index contributed by atoms with van der Waals surface area (Å²) in [5.41, 5.74) is 0.745. The number of carboxylic acid groups (broad SMARTS) is 1. The van der Waals surface area contributed by atoms with Crippen LogP contribution in [0.3, 0.4) is 0 Å². The van der Waals surface area contributed by atoms with Crippen LogP contribution in [0.4, 0.5) is 11.5 Å². The highest BCUT2D eigenvalue weighted by molar-refractivity contribution is 6.03. The highest BCUT2D eigenvalue weighted by Gasteiger charge is 2.15. The number of nitrogens with one attached hydrogen (secondary N) is 1. The molecule has 8 nitrogen and oxygen atoms in total. The van der Waals surface area contributed by atoms with Crippen LogP contribution in [0.15, 0.2) is 36.7 Å². The molecule has 2 N–H and O–H groups in total. The normalized spacial score (nSPS) is 15.0. The number of amides is 1. The van der Waals surface area contributed by atoms with E-state index in [4.69, 9.17) is 5.11 Å². The van der Waals surface area contributed by atoms with Gasteiger partial charge in [-0.05, 0) is 31.3 Å². The van der Waals surface area contributed by atoms with Gasteiger partial charge < -0.3 is 20.2 Å². The largest absolute Gasteiger partial charge is 0.478 e. The summed E-state index contributed by atoms with van der Waals surface area (Å²) in [6.07, 6.45) is 2.77. The molecule has 0 spiro atoms. The fourth-order valence-electron chi connectivity index (χ4n) is 2.53. The molecule has 25 heavy (non-hydrogen) atoms. The van der Waals surface area contributed by atoms with Crippen LogP contribution in [-0.4, -0.2) is 65.1 Å². The first kappa shape index (κ1) is 16.8. The Morgan fingerprint density at radius 2 is 1.80 bits per heavy atom. The van der Waals surface area contributed by atoms with E-state index in [0.29, 0.717) is 5.69 Å². The molecular weight excluding hydrogens is 322 g/mol. The molecular formula is C17H19N5O3. The smallest absolute Gasteiger partial charge is 0.337 e. The summed E-state index contributed by atoms with van der Waals surface area (Å²) in [5, 5.41) is 11.5. The minimum atomic E-state index is -1.08. The lowest BCUT2D eigenvalue weighted by Crippen LogP contribution is -2.44. The number of anilines is 2. The maximum atomic E-state index is 12.2. The summed E-state index contributed by atoms with van der Waals surface area (Å²) in [4.78, 5) is 35.7. The Morgan fingerprint density at radius 3 is 2.36 bits per heavy atom. The van der Waals surface area contributed by atoms with Crippen molar-refractivity contribution in [1.29, 1.82) is 0 Å². The molecule has 0 unspecified atom stereocenters. The van der Waals surface area contributed by atoms with E-state index >= 15 is 0 Å². The maximum Gasteiger partial charge on any atom is 0.337 e. The fraction of sp³-hybridized carbons (Fsp3) is 0.294. The van der Waals surface area contributed by atoms with Gasteiger partial charge in [-0.1, -0.05) is 0 Å². The van der Waals surface area contributed by atoms with Crippen molar-refractivity contribution in [2.75, 3.05) is 43.4 Å². The summed E-state index contributed by atoms with van der Waals surface area (Å²) >= 11 is 0. The maximum absolute atomic E-state index is 12.2. The van der Waals surface area contributed by atoms with E-state index in [-0.39, 0.29) is 11.3 Å². The van der Waals surface area contributed by atoms with Gasteiger partial charge in [0.25, 0.3) is 5.91 Å². The summed E-state index contributed by atoms with van der Waals surface area (Å²) in [6.45, 7) is 3.85. The Labute approximate surface area is 145 Å². The monoisotopic (exact) mass is 341 g/mol. The average Bonchev–Trinajstić information content (AvgIpc) is 2.63. The first-order valence-electron chi connectivity index (χ1n) is 7.93. The zero-order chi connectivity index (χ0) is 17.8. The molecule has 0 atom stereocenters. The number of carboxylic acids is 1. The van der Waals surface area contributed by atoms with Gasteiger partial charge in [0.15, 0.2) is 0 Å². The van der Waals surface area contributed by atoms with E-state index in [2.05, 4.69) is 32.1 Å². The van der Waals surface area contributed by atoms with Gasteiger partial charge in [-0.2, -0.15) is 0 Å². The van der Waals surface area contributed by atoms with Gasteiger partial charge in [0.05, 0.1) is 17.4 Å². The van der Waals surface area contributed by atoms with Gasteiger partial charge in [0, 0.05) is 32.4 Å². The lowest BCUT2D eigenvalue weighted by atomic mass is 10.2. The number of hydrogen-bond acceptors (Lipinski definition) is 6. The number of aromatic carboxylic acids is 1. The van der Waals surface area contributed by atoms with Crippen LogP contribution >= 0.6 is 0 Å². The highest BCUT2D eigenvalue weighted by atomic mass is 16.4. The van der Waals surface area contributed by atoms with Crippen molar-refractivity contribution in [3.05, 3.63) is 47.9 Å². The fourth-order valence-corrected chi connectivity index (χ4v) is 2.53. The van der Waals surface area contributed by atoms with E-state index in [1.54, 1.807) is 12.3 Å². The van der Waals surface area contributed by atoms with Crippen LogP contribution in [0.1, 0.15) is 20.8 Å². The number of carbonyl (C=O) groups excluding carboxylic acids is 1. The first-order valence-corrected chi connectivity index (χ1v) is 7.93. The quantitative estimate of drug-likeness (QED) is 0.861. The van der Waals surface area contributed by atoms with Crippen molar-refractivity contribution in [1.82, 2.24) is 14.9 Å². The predicted octanol–water partition coefficient (Wildman–Crippen LogP) is 1.18. The number of hydrogen-bond donors (Lipinski definition) is 2. The number of rotatable bonds is 4. The van der Waals surface area contributed by atoms with E-state index in [1.807, 2.05) is 6.07 Å². The molecule has 3 rings (SSSR count). The summed E-state index contributed by atoms with van der Waals surface area (Å²) in [7, 11) is 2.10. The van der Waals surface area contributed by atoms with Crippen molar-refractivity contribution in [2.45, 2.75) is 0 Å². The Balaban J connectivity index is 1.62. The summed E-state index contributed by atoms with van der Waals surface area (Å²) in [6, 6.07) is 6.40. The second kappa shape index (κ2) is 7.27. The summed E-state index contributed by atoms with van der Waals surface area (Å²) in [5.74, 6) is -0.607. The number of carbonyl (C=O) groups is 2. The zero-order valence-electron chi connectivity index (χ0n) is 13.8. The molecule has 1 saturated heterocycles. The van der Waals surface area contributed by atoms with Crippen LogP contribution in [0.2, 0.25) is 0 Å². The van der Waals surface area contributed by atoms with Crippen molar-refractivity contribution >= 4 is 23.4 Å². The van der Waals surface area contributed by atoms with E-state index < -0.39 is 11.9 Å². The van der Waals surface area contributed by atoms with E-state index in [0.717, 1.165) is 38.2 Å². The standard InChI is InChI=1S/C17H19N5O3/c1-21-6-8-22(9-7-21)15-5-3-13(11-19-15)20-16(23)14-4-2-12(10-18-14)17(24)25/h2-5,10-11H,6-9H2,1H3,(H,20,23)(H,24,25). The Hall–Kier alpha value is -3.00. The van der Waals surface area contributed by atoms with E-state index in [1.165, 1.54) is 12.1 Å². The van der Waals surface area contributed by atoms with Gasteiger partial charge in [-0.25, -0.2) is 9.78 Å². The third-order valence-electron chi connectivity index (χ3n) is 4.08. The molecule has 2 aromatic rings. The van der Waals surface area contributed by atoms with E-state index in [9.17, 15) is 9.59 Å². The molecule has 1 fully saturated rings. The van der Waals surface area contributed by atoms with Crippen molar-refractivity contribution < 1.29 is 14.7 Å². The predicted molar refractivity (Wildman–Crippen MR) is 93.1 cm³/mol. The molecule has 130 valence electrons. The lowest BCUT2D eigenvalue weighted by molar-refractivity contribution is 0.0696. The molecule has 3 heterocycles. The molecule has 1 aliphatic heterocycles. The highest BCUT2D eigenvalue weighted by Crippen LogP contribution is 2.16. The van der Waals surface area contributed by atoms with Crippen LogP contribution < -0.4 is 10.2 Å². The van der Waals surface area contributed by atoms with Gasteiger partial charge in [-0.15, -0.1) is 0 Å². The number of aromatic nitrogens is 2. The Morgan fingerprint density at radius 1 is 1.04 bits per heavy atom. The van der Waals surface area contributed by atoms with Gasteiger partial charge in [0.1, 0.15) is 11.5 Å². The zero-order valence-corrected chi connectivity index (χ0v) is 13.8. The molecule has 1 aliphatic rings. The second-order valence-electron chi connectivity index (χ2n) is 5.89. The third kappa shape index (κ3) is 4.10. The van der Waals surface area contributed by atoms with Crippen molar-refractivity contribution in [2.24, 2.45) is 0 Å². The molecule has 0 radical (unpaired) electrons. The van der Waals surface area contributed by atoms with Crippen LogP contribution in [0.25, 0.3) is 0 Å². The average molecular weight is 341 g/mol. The van der Waals surface area contributed by atoms with Gasteiger partial charge in [-0.3, -0.25) is 9.78 Å². The topological polar surface area (TPSA) is 98.7 Å². The van der Waals surface area contributed by atoms with Crippen LogP contribution in [0.5, 0.6) is 0 Å². The molecule has 0 bridgehead atoms. The lowest BCUT2D eigenvalue weighted by Gasteiger charge is -2.33. The first-order chi connectivity index (χ1) is 12.0. The number of likely N-dealkylation sites (N-methyl/N-ethyl adjacent to an activating group) is 1. The summed E-state index contributed by atoms with van der Waals surface area (Å²) < 4.78 is 0. The number of nitrogens with zero attached hydrogens (tertiary/aromatic N) is 4. The second-order valence-corrected chi connectivity index (χ2v) is 5.89. The Bertz CT molecular complexity index is 753. The number of pyridine rings is 2. The molecule has 0 saturated carbocycles. The minimum Gasteiger partial charge on any atom is -0.478 e. The van der Waals surface area contributed by atoms with Crippen molar-refractivity contribution in [3.63, 3.8) is 0 Å². The molecule has 8 heteroatoms. The molecule has 1 amide bonds. The SMILES string of the molecule is CN1CCN(c2ccc(NC(=O)c3ccc(C(=O)O)cn3)cn2)CC1.